The predicted molar refractivity (Wildman–Crippen MR) is 85.9 cm³/mol. The lowest BCUT2D eigenvalue weighted by Gasteiger charge is -2.03. The molecule has 0 amide bonds. The van der Waals surface area contributed by atoms with Gasteiger partial charge in [-0.15, -0.1) is 10.2 Å². The summed E-state index contributed by atoms with van der Waals surface area (Å²) in [6.45, 7) is 4.30. The van der Waals surface area contributed by atoms with Crippen molar-refractivity contribution < 1.29 is 0 Å². The first kappa shape index (κ1) is 15.1. The van der Waals surface area contributed by atoms with E-state index in [0.29, 0.717) is 18.8 Å². The van der Waals surface area contributed by atoms with Gasteiger partial charge in [0.05, 0.1) is 0 Å². The zero-order chi connectivity index (χ0) is 16.2. The molecule has 0 fully saturated rings. The molecule has 0 radical (unpaired) electrons. The number of aromatic amines is 1. The second-order valence-corrected chi connectivity index (χ2v) is 5.78. The van der Waals surface area contributed by atoms with Crippen LogP contribution in [-0.4, -0.2) is 34.9 Å². The maximum absolute atomic E-state index is 5.53. The van der Waals surface area contributed by atoms with E-state index in [-0.39, 0.29) is 5.95 Å². The molecule has 3 heterocycles. The molecule has 0 aliphatic rings. The van der Waals surface area contributed by atoms with Gasteiger partial charge in [-0.1, -0.05) is 19.9 Å². The Morgan fingerprint density at radius 3 is 2.74 bits per heavy atom. The van der Waals surface area contributed by atoms with E-state index in [2.05, 4.69) is 44.1 Å². The highest BCUT2D eigenvalue weighted by atomic mass is 15.4. The molecule has 0 spiro atoms. The van der Waals surface area contributed by atoms with E-state index in [4.69, 9.17) is 5.73 Å². The van der Waals surface area contributed by atoms with Gasteiger partial charge in [-0.3, -0.25) is 5.10 Å². The summed E-state index contributed by atoms with van der Waals surface area (Å²) in [5, 5.41) is 11.3. The van der Waals surface area contributed by atoms with Gasteiger partial charge < -0.3 is 5.73 Å². The second-order valence-electron chi connectivity index (χ2n) is 5.78. The molecule has 23 heavy (non-hydrogen) atoms. The number of pyridine rings is 1. The van der Waals surface area contributed by atoms with Gasteiger partial charge in [0.1, 0.15) is 11.6 Å². The first-order valence-electron chi connectivity index (χ1n) is 7.65. The summed E-state index contributed by atoms with van der Waals surface area (Å²) in [6, 6.07) is 5.74. The zero-order valence-corrected chi connectivity index (χ0v) is 13.3. The minimum atomic E-state index is 0.256. The van der Waals surface area contributed by atoms with Gasteiger partial charge in [0.25, 0.3) is 0 Å². The summed E-state index contributed by atoms with van der Waals surface area (Å²) in [4.78, 5) is 13.2. The molecule has 0 saturated carbocycles. The summed E-state index contributed by atoms with van der Waals surface area (Å²) in [5.74, 6) is 3.95. The summed E-state index contributed by atoms with van der Waals surface area (Å²) < 4.78 is 1.80. The smallest absolute Gasteiger partial charge is 0.239 e. The van der Waals surface area contributed by atoms with Crippen LogP contribution in [0.25, 0.3) is 5.82 Å². The van der Waals surface area contributed by atoms with Crippen molar-refractivity contribution >= 4 is 5.95 Å². The topological polar surface area (TPSA) is 111 Å². The van der Waals surface area contributed by atoms with Gasteiger partial charge in [0.2, 0.25) is 5.95 Å². The highest BCUT2D eigenvalue weighted by Crippen LogP contribution is 2.12. The Hall–Kier alpha value is -2.77. The molecule has 8 nitrogen and oxygen atoms in total. The van der Waals surface area contributed by atoms with E-state index in [9.17, 15) is 0 Å². The molecule has 0 aromatic carbocycles. The van der Waals surface area contributed by atoms with Crippen LogP contribution in [0.1, 0.15) is 31.3 Å². The minimum Gasteiger partial charge on any atom is -0.367 e. The van der Waals surface area contributed by atoms with E-state index >= 15 is 0 Å². The Morgan fingerprint density at radius 1 is 1.22 bits per heavy atom. The largest absolute Gasteiger partial charge is 0.367 e. The standard InChI is InChI=1S/C15H20N8/c1-10(2)9-12-18-14(7-6-11-19-15(16)21-20-11)23(22-12)13-5-3-4-8-17-13/h3-5,8,10H,6-7,9H2,1-2H3,(H3,16,19,20,21). The first-order chi connectivity index (χ1) is 11.1. The van der Waals surface area contributed by atoms with Crippen molar-refractivity contribution in [2.45, 2.75) is 33.1 Å². The van der Waals surface area contributed by atoms with Crippen LogP contribution >= 0.6 is 0 Å². The molecule has 0 aliphatic heterocycles. The van der Waals surface area contributed by atoms with E-state index in [1.54, 1.807) is 10.9 Å². The fourth-order valence-electron chi connectivity index (χ4n) is 2.32. The van der Waals surface area contributed by atoms with Crippen molar-refractivity contribution in [1.82, 2.24) is 34.9 Å². The number of aryl methyl sites for hydroxylation is 2. The number of nitrogens with zero attached hydrogens (tertiary/aromatic N) is 6. The molecular weight excluding hydrogens is 292 g/mol. The van der Waals surface area contributed by atoms with Crippen LogP contribution in [0.3, 0.4) is 0 Å². The quantitative estimate of drug-likeness (QED) is 0.710. The summed E-state index contributed by atoms with van der Waals surface area (Å²) >= 11 is 0. The fraction of sp³-hybridized carbons (Fsp3) is 0.400. The van der Waals surface area contributed by atoms with Gasteiger partial charge in [0.15, 0.2) is 11.6 Å². The van der Waals surface area contributed by atoms with Gasteiger partial charge in [-0.2, -0.15) is 9.67 Å². The monoisotopic (exact) mass is 312 g/mol. The molecule has 3 aromatic heterocycles. The highest BCUT2D eigenvalue weighted by Gasteiger charge is 2.14. The third kappa shape index (κ3) is 3.71. The lowest BCUT2D eigenvalue weighted by molar-refractivity contribution is 0.618. The number of hydrogen-bond acceptors (Lipinski definition) is 6. The second kappa shape index (κ2) is 6.55. The van der Waals surface area contributed by atoms with Gasteiger partial charge in [-0.25, -0.2) is 9.97 Å². The molecule has 3 aromatic rings. The van der Waals surface area contributed by atoms with E-state index in [1.807, 2.05) is 18.2 Å². The molecule has 0 atom stereocenters. The van der Waals surface area contributed by atoms with Crippen molar-refractivity contribution in [3.63, 3.8) is 0 Å². The zero-order valence-electron chi connectivity index (χ0n) is 13.3. The van der Waals surface area contributed by atoms with E-state index in [1.165, 1.54) is 0 Å². The van der Waals surface area contributed by atoms with Crippen LogP contribution in [0.4, 0.5) is 5.95 Å². The van der Waals surface area contributed by atoms with Crippen LogP contribution in [0, 0.1) is 5.92 Å². The molecule has 3 rings (SSSR count). The summed E-state index contributed by atoms with van der Waals surface area (Å²) in [7, 11) is 0. The predicted octanol–water partition coefficient (Wildman–Crippen LogP) is 1.35. The molecular formula is C15H20N8. The third-order valence-electron chi connectivity index (χ3n) is 3.31. The Labute approximate surface area is 134 Å². The number of nitrogens with one attached hydrogen (secondary N) is 1. The Morgan fingerprint density at radius 2 is 2.09 bits per heavy atom. The van der Waals surface area contributed by atoms with Crippen molar-refractivity contribution in [2.75, 3.05) is 5.73 Å². The number of nitrogens with two attached hydrogens (primary N) is 1. The molecule has 0 saturated heterocycles. The molecule has 0 bridgehead atoms. The van der Waals surface area contributed by atoms with Crippen LogP contribution in [0.5, 0.6) is 0 Å². The van der Waals surface area contributed by atoms with Crippen LogP contribution in [-0.2, 0) is 19.3 Å². The Bertz CT molecular complexity index is 759. The molecule has 0 aliphatic carbocycles. The number of aromatic nitrogens is 7. The third-order valence-corrected chi connectivity index (χ3v) is 3.31. The maximum Gasteiger partial charge on any atom is 0.239 e. The molecule has 8 heteroatoms. The first-order valence-corrected chi connectivity index (χ1v) is 7.65. The van der Waals surface area contributed by atoms with Gasteiger partial charge >= 0.3 is 0 Å². The number of H-pyrrole nitrogens is 1. The number of nitrogen functional groups attached to an aromatic ring is 1. The molecule has 3 N–H and O–H groups in total. The molecule has 120 valence electrons. The number of hydrogen-bond donors (Lipinski definition) is 2. The normalized spacial score (nSPS) is 11.3. The van der Waals surface area contributed by atoms with Crippen LogP contribution < -0.4 is 5.73 Å². The van der Waals surface area contributed by atoms with E-state index < -0.39 is 0 Å². The SMILES string of the molecule is CC(C)Cc1nc(CCc2nc(N)n[nH]2)n(-c2ccccn2)n1. The van der Waals surface area contributed by atoms with Crippen LogP contribution in [0.2, 0.25) is 0 Å². The van der Waals surface area contributed by atoms with Crippen LogP contribution in [0.15, 0.2) is 24.4 Å². The van der Waals surface area contributed by atoms with E-state index in [0.717, 1.165) is 29.7 Å². The lowest BCUT2D eigenvalue weighted by atomic mass is 10.1. The summed E-state index contributed by atoms with van der Waals surface area (Å²) in [6.07, 6.45) is 3.93. The minimum absolute atomic E-state index is 0.256. The van der Waals surface area contributed by atoms with Crippen molar-refractivity contribution in [3.05, 3.63) is 41.9 Å². The van der Waals surface area contributed by atoms with Gasteiger partial charge in [-0.05, 0) is 18.1 Å². The van der Waals surface area contributed by atoms with Crippen molar-refractivity contribution in [3.8, 4) is 5.82 Å². The average Bonchev–Trinajstić information content (AvgIpc) is 3.11. The number of rotatable bonds is 6. The molecule has 0 unspecified atom stereocenters. The van der Waals surface area contributed by atoms with Crippen molar-refractivity contribution in [2.24, 2.45) is 5.92 Å². The maximum atomic E-state index is 5.53. The Kier molecular flexibility index (Phi) is 4.31. The number of anilines is 1. The fourth-order valence-corrected chi connectivity index (χ4v) is 2.32. The van der Waals surface area contributed by atoms with Crippen molar-refractivity contribution in [1.29, 1.82) is 0 Å². The average molecular weight is 312 g/mol. The van der Waals surface area contributed by atoms with Gasteiger partial charge in [0, 0.05) is 25.5 Å². The summed E-state index contributed by atoms with van der Waals surface area (Å²) in [5.41, 5.74) is 5.53. The lowest BCUT2D eigenvalue weighted by Crippen LogP contribution is -2.07. The highest BCUT2D eigenvalue weighted by molar-refractivity contribution is 5.22. The Balaban J connectivity index is 1.85.